The molecule has 1 aromatic carbocycles. The second-order valence-corrected chi connectivity index (χ2v) is 2.75. The van der Waals surface area contributed by atoms with Gasteiger partial charge in [-0.3, -0.25) is 0 Å². The minimum absolute atomic E-state index is 0.588. The van der Waals surface area contributed by atoms with E-state index in [2.05, 4.69) is 4.74 Å². The van der Waals surface area contributed by atoms with Crippen molar-refractivity contribution in [3.05, 3.63) is 24.3 Å². The van der Waals surface area contributed by atoms with Crippen LogP contribution in [0.4, 0.5) is 0 Å². The van der Waals surface area contributed by atoms with E-state index in [1.807, 2.05) is 18.4 Å². The Hall–Kier alpha value is -1.14. The second kappa shape index (κ2) is 3.89. The van der Waals surface area contributed by atoms with Crippen LogP contribution in [0.1, 0.15) is 0 Å². The minimum Gasteiger partial charge on any atom is -0.388 e. The van der Waals surface area contributed by atoms with E-state index in [4.69, 9.17) is 5.26 Å². The van der Waals surface area contributed by atoms with Crippen LogP contribution in [0.25, 0.3) is 0 Å². The molecule has 0 aromatic heterocycles. The van der Waals surface area contributed by atoms with Crippen molar-refractivity contribution in [3.8, 4) is 12.0 Å². The van der Waals surface area contributed by atoms with Crippen LogP contribution in [0.15, 0.2) is 29.2 Å². The summed E-state index contributed by atoms with van der Waals surface area (Å²) in [5, 5.41) is 8.17. The predicted octanol–water partition coefficient (Wildman–Crippen LogP) is 2.27. The van der Waals surface area contributed by atoms with Crippen molar-refractivity contribution < 1.29 is 4.74 Å². The van der Waals surface area contributed by atoms with Crippen molar-refractivity contribution in [1.29, 1.82) is 5.26 Å². The number of nitriles is 1. The highest BCUT2D eigenvalue weighted by Crippen LogP contribution is 2.18. The first-order chi connectivity index (χ1) is 5.36. The average Bonchev–Trinajstić information content (AvgIpc) is 2.07. The van der Waals surface area contributed by atoms with Crippen LogP contribution >= 0.6 is 11.8 Å². The SMILES string of the molecule is CSc1ccc(OC#N)cc1. The summed E-state index contributed by atoms with van der Waals surface area (Å²) in [5.74, 6) is 0.588. The Bertz CT molecular complexity index is 262. The van der Waals surface area contributed by atoms with Gasteiger partial charge in [0, 0.05) is 4.90 Å². The molecular weight excluding hydrogens is 158 g/mol. The zero-order valence-electron chi connectivity index (χ0n) is 6.07. The van der Waals surface area contributed by atoms with Crippen LogP contribution in [0.5, 0.6) is 5.75 Å². The molecule has 0 atom stereocenters. The van der Waals surface area contributed by atoms with Crippen LogP contribution in [-0.2, 0) is 0 Å². The Morgan fingerprint density at radius 1 is 1.36 bits per heavy atom. The van der Waals surface area contributed by atoms with Gasteiger partial charge in [-0.05, 0) is 30.5 Å². The van der Waals surface area contributed by atoms with Crippen LogP contribution in [0, 0.1) is 11.5 Å². The van der Waals surface area contributed by atoms with Crippen LogP contribution in [-0.4, -0.2) is 6.26 Å². The first kappa shape index (κ1) is 7.96. The van der Waals surface area contributed by atoms with Gasteiger partial charge in [-0.2, -0.15) is 0 Å². The fraction of sp³-hybridized carbons (Fsp3) is 0.125. The molecule has 0 aliphatic rings. The highest BCUT2D eigenvalue weighted by molar-refractivity contribution is 7.98. The van der Waals surface area contributed by atoms with Gasteiger partial charge in [0.15, 0.2) is 0 Å². The van der Waals surface area contributed by atoms with E-state index in [0.717, 1.165) is 4.90 Å². The molecule has 0 spiro atoms. The summed E-state index contributed by atoms with van der Waals surface area (Å²) in [5.41, 5.74) is 0. The number of nitrogens with zero attached hydrogens (tertiary/aromatic N) is 1. The van der Waals surface area contributed by atoms with Gasteiger partial charge in [-0.15, -0.1) is 17.0 Å². The lowest BCUT2D eigenvalue weighted by Gasteiger charge is -1.96. The van der Waals surface area contributed by atoms with Gasteiger partial charge in [0.05, 0.1) is 0 Å². The van der Waals surface area contributed by atoms with Gasteiger partial charge in [-0.1, -0.05) is 0 Å². The summed E-state index contributed by atoms with van der Waals surface area (Å²) in [7, 11) is 0. The maximum Gasteiger partial charge on any atom is 0.292 e. The molecule has 0 aliphatic heterocycles. The molecule has 1 aromatic rings. The van der Waals surface area contributed by atoms with Gasteiger partial charge in [0.1, 0.15) is 5.75 Å². The number of hydrogen-bond acceptors (Lipinski definition) is 3. The van der Waals surface area contributed by atoms with E-state index < -0.39 is 0 Å². The van der Waals surface area contributed by atoms with Gasteiger partial charge in [-0.25, -0.2) is 0 Å². The Labute approximate surface area is 69.8 Å². The quantitative estimate of drug-likeness (QED) is 0.498. The zero-order valence-corrected chi connectivity index (χ0v) is 6.89. The number of thioether (sulfide) groups is 1. The molecule has 2 nitrogen and oxygen atoms in total. The normalized spacial score (nSPS) is 8.73. The monoisotopic (exact) mass is 165 g/mol. The summed E-state index contributed by atoms with van der Waals surface area (Å²) in [4.78, 5) is 1.16. The molecule has 0 radical (unpaired) electrons. The van der Waals surface area contributed by atoms with Crippen molar-refractivity contribution in [2.24, 2.45) is 0 Å². The first-order valence-corrected chi connectivity index (χ1v) is 4.29. The van der Waals surface area contributed by atoms with E-state index in [1.54, 1.807) is 30.1 Å². The summed E-state index contributed by atoms with van der Waals surface area (Å²) in [6.45, 7) is 0. The predicted molar refractivity (Wildman–Crippen MR) is 44.5 cm³/mol. The number of benzene rings is 1. The van der Waals surface area contributed by atoms with Crippen molar-refractivity contribution in [3.63, 3.8) is 0 Å². The molecule has 0 saturated carbocycles. The van der Waals surface area contributed by atoms with Crippen LogP contribution in [0.2, 0.25) is 0 Å². The van der Waals surface area contributed by atoms with Gasteiger partial charge in [0.25, 0.3) is 6.26 Å². The molecule has 0 aliphatic carbocycles. The Morgan fingerprint density at radius 2 is 2.00 bits per heavy atom. The molecule has 1 rings (SSSR count). The molecule has 11 heavy (non-hydrogen) atoms. The van der Waals surface area contributed by atoms with E-state index in [-0.39, 0.29) is 0 Å². The maximum absolute atomic E-state index is 8.17. The largest absolute Gasteiger partial charge is 0.388 e. The van der Waals surface area contributed by atoms with Crippen molar-refractivity contribution in [1.82, 2.24) is 0 Å². The van der Waals surface area contributed by atoms with E-state index in [9.17, 15) is 0 Å². The molecule has 56 valence electrons. The Balaban J connectivity index is 2.76. The Morgan fingerprint density at radius 3 is 2.45 bits per heavy atom. The highest BCUT2D eigenvalue weighted by atomic mass is 32.2. The topological polar surface area (TPSA) is 33.0 Å². The average molecular weight is 165 g/mol. The zero-order chi connectivity index (χ0) is 8.10. The molecule has 0 bridgehead atoms. The van der Waals surface area contributed by atoms with Gasteiger partial charge in [0.2, 0.25) is 0 Å². The second-order valence-electron chi connectivity index (χ2n) is 1.87. The molecule has 3 heteroatoms. The van der Waals surface area contributed by atoms with Crippen molar-refractivity contribution >= 4 is 11.8 Å². The van der Waals surface area contributed by atoms with Gasteiger partial charge >= 0.3 is 0 Å². The molecule has 0 fully saturated rings. The fourth-order valence-electron chi connectivity index (χ4n) is 0.696. The summed E-state index contributed by atoms with van der Waals surface area (Å²) < 4.78 is 4.60. The van der Waals surface area contributed by atoms with E-state index in [1.165, 1.54) is 0 Å². The molecule has 0 heterocycles. The molecule has 0 saturated heterocycles. The van der Waals surface area contributed by atoms with E-state index >= 15 is 0 Å². The molecular formula is C8H7NOS. The first-order valence-electron chi connectivity index (χ1n) is 3.07. The van der Waals surface area contributed by atoms with Crippen LogP contribution < -0.4 is 4.74 Å². The van der Waals surface area contributed by atoms with Crippen molar-refractivity contribution in [2.75, 3.05) is 6.26 Å². The summed E-state index contributed by atoms with van der Waals surface area (Å²) in [6, 6.07) is 7.37. The highest BCUT2D eigenvalue weighted by Gasteiger charge is 1.91. The summed E-state index contributed by atoms with van der Waals surface area (Å²) in [6.07, 6.45) is 3.61. The standard InChI is InChI=1S/C8H7NOS/c1-11-8-4-2-7(3-5-8)10-6-9/h2-5H,1H3. The smallest absolute Gasteiger partial charge is 0.292 e. The minimum atomic E-state index is 0.588. The Kier molecular flexibility index (Phi) is 2.82. The third-order valence-corrected chi connectivity index (χ3v) is 1.97. The van der Waals surface area contributed by atoms with Crippen molar-refractivity contribution in [2.45, 2.75) is 4.90 Å². The maximum atomic E-state index is 8.17. The fourth-order valence-corrected chi connectivity index (χ4v) is 1.10. The number of rotatable bonds is 2. The van der Waals surface area contributed by atoms with Gasteiger partial charge < -0.3 is 4.74 Å². The summed E-state index contributed by atoms with van der Waals surface area (Å²) >= 11 is 1.66. The number of hydrogen-bond donors (Lipinski definition) is 0. The lowest BCUT2D eigenvalue weighted by Crippen LogP contribution is -1.80. The number of ether oxygens (including phenoxy) is 1. The lowest BCUT2D eigenvalue weighted by atomic mass is 10.3. The van der Waals surface area contributed by atoms with E-state index in [0.29, 0.717) is 5.75 Å². The lowest BCUT2D eigenvalue weighted by molar-refractivity contribution is 0.507. The molecule has 0 N–H and O–H groups in total. The third kappa shape index (κ3) is 2.17. The molecule has 0 unspecified atom stereocenters. The van der Waals surface area contributed by atoms with Crippen LogP contribution in [0.3, 0.4) is 0 Å². The molecule has 0 amide bonds. The third-order valence-electron chi connectivity index (χ3n) is 1.22.